The lowest BCUT2D eigenvalue weighted by atomic mass is 10.0. The second-order valence-corrected chi connectivity index (χ2v) is 11.2. The second kappa shape index (κ2) is 8.52. The van der Waals surface area contributed by atoms with Gasteiger partial charge < -0.3 is 4.74 Å². The van der Waals surface area contributed by atoms with Crippen molar-refractivity contribution in [2.75, 3.05) is 7.11 Å². The lowest BCUT2D eigenvalue weighted by molar-refractivity contribution is 0.414. The number of nitrogens with zero attached hydrogens (tertiary/aromatic N) is 1. The smallest absolute Gasteiger partial charge is 0.292 e. The molecule has 3 rings (SSSR count). The first-order valence-corrected chi connectivity index (χ1v) is 12.6. The number of sulfonamides is 1. The molecule has 0 radical (unpaired) electrons. The Morgan fingerprint density at radius 3 is 2.26 bits per heavy atom. The molecule has 0 spiro atoms. The summed E-state index contributed by atoms with van der Waals surface area (Å²) < 4.78 is 34.5. The van der Waals surface area contributed by atoms with E-state index in [4.69, 9.17) is 4.74 Å². The predicted octanol–water partition coefficient (Wildman–Crippen LogP) is 5.80. The summed E-state index contributed by atoms with van der Waals surface area (Å²) in [6, 6.07) is 16.7. The molecule has 0 saturated heterocycles. The first-order chi connectivity index (χ1) is 12.9. The van der Waals surface area contributed by atoms with Crippen LogP contribution in [0.25, 0.3) is 10.4 Å². The average molecular weight is 438 g/mol. The van der Waals surface area contributed by atoms with Gasteiger partial charge in [-0.2, -0.15) is 8.42 Å². The highest BCUT2D eigenvalue weighted by atomic mass is 32.9. The van der Waals surface area contributed by atoms with E-state index in [-0.39, 0.29) is 4.90 Å². The van der Waals surface area contributed by atoms with E-state index in [1.165, 1.54) is 35.1 Å². The van der Waals surface area contributed by atoms with E-state index in [2.05, 4.69) is 41.9 Å². The Bertz CT molecular complexity index is 1120. The SMILES string of the molecule is COc1ccc(S(=O)(=O)N=S=c2cc(-c3ccc(C(C)C)cc3)ss2)cc1. The molecule has 0 amide bonds. The Kier molecular flexibility index (Phi) is 6.31. The molecule has 0 aliphatic heterocycles. The highest BCUT2D eigenvalue weighted by Gasteiger charge is 2.11. The molecule has 1 heterocycles. The average Bonchev–Trinajstić information content (AvgIpc) is 3.16. The second-order valence-electron chi connectivity index (χ2n) is 6.09. The fourth-order valence-corrected chi connectivity index (χ4v) is 6.96. The maximum absolute atomic E-state index is 12.4. The largest absolute Gasteiger partial charge is 0.497 e. The van der Waals surface area contributed by atoms with Crippen LogP contribution in [0.4, 0.5) is 0 Å². The highest BCUT2D eigenvalue weighted by molar-refractivity contribution is 7.94. The van der Waals surface area contributed by atoms with Crippen LogP contribution >= 0.6 is 20.7 Å². The third-order valence-electron chi connectivity index (χ3n) is 3.91. The Balaban J connectivity index is 1.89. The van der Waals surface area contributed by atoms with Gasteiger partial charge in [-0.15, -0.1) is 0 Å². The minimum absolute atomic E-state index is 0.153. The molecule has 2 aromatic carbocycles. The van der Waals surface area contributed by atoms with Crippen molar-refractivity contribution in [3.05, 3.63) is 64.0 Å². The summed E-state index contributed by atoms with van der Waals surface area (Å²) >= 11 is 0.990. The Hall–Kier alpha value is -1.74. The lowest BCUT2D eigenvalue weighted by Gasteiger charge is -2.05. The molecule has 0 aliphatic carbocycles. The van der Waals surface area contributed by atoms with Gasteiger partial charge in [0, 0.05) is 4.88 Å². The zero-order valence-corrected chi connectivity index (χ0v) is 18.3. The van der Waals surface area contributed by atoms with Crippen LogP contribution in [0.5, 0.6) is 5.75 Å². The van der Waals surface area contributed by atoms with Crippen molar-refractivity contribution in [2.24, 2.45) is 3.77 Å². The maximum atomic E-state index is 12.4. The minimum Gasteiger partial charge on any atom is -0.497 e. The first kappa shape index (κ1) is 20.0. The van der Waals surface area contributed by atoms with E-state index in [1.54, 1.807) is 22.5 Å². The van der Waals surface area contributed by atoms with Gasteiger partial charge in [0.05, 0.1) is 12.0 Å². The van der Waals surface area contributed by atoms with Gasteiger partial charge >= 0.3 is 0 Å². The Morgan fingerprint density at radius 2 is 1.67 bits per heavy atom. The van der Waals surface area contributed by atoms with Crippen LogP contribution < -0.4 is 4.74 Å². The fraction of sp³-hybridized carbons (Fsp3) is 0.211. The fourth-order valence-electron chi connectivity index (χ4n) is 2.32. The molecule has 0 N–H and O–H groups in total. The quantitative estimate of drug-likeness (QED) is 0.375. The number of benzene rings is 2. The van der Waals surface area contributed by atoms with Gasteiger partial charge in [-0.1, -0.05) is 62.6 Å². The van der Waals surface area contributed by atoms with E-state index in [9.17, 15) is 8.42 Å². The molecule has 4 nitrogen and oxygen atoms in total. The molecule has 1 aromatic heterocycles. The number of hydrogen-bond acceptors (Lipinski definition) is 5. The maximum Gasteiger partial charge on any atom is 0.292 e. The van der Waals surface area contributed by atoms with Crippen LogP contribution in [0.15, 0.2) is 63.3 Å². The van der Waals surface area contributed by atoms with Gasteiger partial charge in [-0.25, -0.2) is 0 Å². The van der Waals surface area contributed by atoms with Crippen LogP contribution in [0, 0.1) is 3.82 Å². The summed E-state index contributed by atoms with van der Waals surface area (Å²) in [6.45, 7) is 4.34. The standard InChI is InChI=1S/C19H19NO3S4/c1-13(2)14-4-6-15(7-5-14)18-12-19(26-25-18)24-20-27(21,22)17-10-8-16(23-3)9-11-17/h4-13H,1-3H3. The zero-order chi connectivity index (χ0) is 19.4. The van der Waals surface area contributed by atoms with Crippen molar-refractivity contribution >= 4 is 41.9 Å². The first-order valence-electron chi connectivity index (χ1n) is 8.21. The van der Waals surface area contributed by atoms with Gasteiger partial charge in [0.25, 0.3) is 10.0 Å². The van der Waals surface area contributed by atoms with Crippen molar-refractivity contribution in [3.63, 3.8) is 0 Å². The van der Waals surface area contributed by atoms with E-state index in [1.807, 2.05) is 6.07 Å². The van der Waals surface area contributed by atoms with Crippen molar-refractivity contribution in [1.82, 2.24) is 0 Å². The summed E-state index contributed by atoms with van der Waals surface area (Å²) in [7, 11) is 0.968. The van der Waals surface area contributed by atoms with Crippen molar-refractivity contribution < 1.29 is 13.2 Å². The summed E-state index contributed by atoms with van der Waals surface area (Å²) in [5.41, 5.74) is 2.43. The molecular weight excluding hydrogens is 418 g/mol. The number of methoxy groups -OCH3 is 1. The molecule has 142 valence electrons. The molecule has 0 unspecified atom stereocenters. The summed E-state index contributed by atoms with van der Waals surface area (Å²) in [5, 5.41) is 0. The number of rotatable bonds is 5. The van der Waals surface area contributed by atoms with Gasteiger partial charge in [0.15, 0.2) is 0 Å². The van der Waals surface area contributed by atoms with Gasteiger partial charge in [-0.05, 0) is 58.5 Å². The Morgan fingerprint density at radius 1 is 1.00 bits per heavy atom. The summed E-state index contributed by atoms with van der Waals surface area (Å²) in [5.74, 6) is 1.10. The topological polar surface area (TPSA) is 55.7 Å². The number of ether oxygens (including phenoxy) is 1. The highest BCUT2D eigenvalue weighted by Crippen LogP contribution is 2.30. The predicted molar refractivity (Wildman–Crippen MR) is 115 cm³/mol. The van der Waals surface area contributed by atoms with Crippen LogP contribution in [-0.4, -0.2) is 15.5 Å². The van der Waals surface area contributed by atoms with Gasteiger partial charge in [0.1, 0.15) is 9.57 Å². The van der Waals surface area contributed by atoms with E-state index < -0.39 is 10.0 Å². The van der Waals surface area contributed by atoms with Crippen LogP contribution in [0.1, 0.15) is 25.3 Å². The number of hydrogen-bond donors (Lipinski definition) is 0. The third kappa shape index (κ3) is 4.95. The molecule has 0 atom stereocenters. The molecule has 0 fully saturated rings. The van der Waals surface area contributed by atoms with Crippen molar-refractivity contribution in [2.45, 2.75) is 24.7 Å². The minimum atomic E-state index is -3.71. The lowest BCUT2D eigenvalue weighted by Crippen LogP contribution is -1.95. The molecule has 0 aliphatic rings. The van der Waals surface area contributed by atoms with Crippen LogP contribution in [-0.2, 0) is 21.2 Å². The van der Waals surface area contributed by atoms with E-state index in [0.717, 1.165) is 25.4 Å². The van der Waals surface area contributed by atoms with Gasteiger partial charge in [0.2, 0.25) is 0 Å². The summed E-state index contributed by atoms with van der Waals surface area (Å²) in [6.07, 6.45) is 0. The summed E-state index contributed by atoms with van der Waals surface area (Å²) in [4.78, 5) is 1.26. The molecule has 8 heteroatoms. The van der Waals surface area contributed by atoms with Crippen LogP contribution in [0.3, 0.4) is 0 Å². The third-order valence-corrected chi connectivity index (χ3v) is 9.17. The van der Waals surface area contributed by atoms with Crippen LogP contribution in [0.2, 0.25) is 0 Å². The Labute approximate surface area is 170 Å². The molecule has 27 heavy (non-hydrogen) atoms. The zero-order valence-electron chi connectivity index (χ0n) is 15.1. The molecule has 0 saturated carbocycles. The van der Waals surface area contributed by atoms with Crippen molar-refractivity contribution in [1.29, 1.82) is 0 Å². The van der Waals surface area contributed by atoms with Crippen molar-refractivity contribution in [3.8, 4) is 16.2 Å². The molecular formula is C19H19NO3S4. The van der Waals surface area contributed by atoms with E-state index in [0.29, 0.717) is 11.7 Å². The van der Waals surface area contributed by atoms with E-state index >= 15 is 0 Å². The molecule has 0 bridgehead atoms. The molecule has 3 aromatic rings. The normalized spacial score (nSPS) is 11.4. The monoisotopic (exact) mass is 437 g/mol. The van der Waals surface area contributed by atoms with Gasteiger partial charge in [-0.3, -0.25) is 0 Å².